The van der Waals surface area contributed by atoms with E-state index in [1.807, 2.05) is 37.9 Å². The second-order valence-corrected chi connectivity index (χ2v) is 9.85. The fourth-order valence-corrected chi connectivity index (χ4v) is 5.99. The van der Waals surface area contributed by atoms with Crippen molar-refractivity contribution in [1.29, 1.82) is 0 Å². The number of carbonyl (C=O) groups is 1. The highest BCUT2D eigenvalue weighted by Gasteiger charge is 2.36. The lowest BCUT2D eigenvalue weighted by atomic mass is 9.96. The van der Waals surface area contributed by atoms with Crippen LogP contribution >= 0.6 is 12.4 Å². The van der Waals surface area contributed by atoms with E-state index in [0.717, 1.165) is 37.2 Å². The van der Waals surface area contributed by atoms with Crippen LogP contribution < -0.4 is 5.32 Å². The number of carbonyl (C=O) groups excluding carboxylic acids is 1. The molecule has 0 radical (unpaired) electrons. The molecule has 2 aliphatic heterocycles. The minimum Gasteiger partial charge on any atom is -0.342 e. The highest BCUT2D eigenvalue weighted by molar-refractivity contribution is 7.89. The topological polar surface area (TPSA) is 69.7 Å². The molecule has 2 saturated heterocycles. The van der Waals surface area contributed by atoms with Gasteiger partial charge in [0.15, 0.2) is 0 Å². The Morgan fingerprint density at radius 2 is 1.82 bits per heavy atom. The van der Waals surface area contributed by atoms with Crippen molar-refractivity contribution in [2.45, 2.75) is 38.0 Å². The number of hydrogen-bond donors (Lipinski definition) is 1. The van der Waals surface area contributed by atoms with Gasteiger partial charge in [-0.05, 0) is 64.3 Å². The van der Waals surface area contributed by atoms with Crippen LogP contribution in [0.2, 0.25) is 0 Å². The summed E-state index contributed by atoms with van der Waals surface area (Å²) >= 11 is 0. The van der Waals surface area contributed by atoms with Crippen molar-refractivity contribution >= 4 is 28.3 Å². The lowest BCUT2D eigenvalue weighted by molar-refractivity contribution is -0.135. The maximum Gasteiger partial charge on any atom is 0.243 e. The van der Waals surface area contributed by atoms with Gasteiger partial charge in [0.05, 0.1) is 4.90 Å². The lowest BCUT2D eigenvalue weighted by Gasteiger charge is -2.32. The smallest absolute Gasteiger partial charge is 0.243 e. The van der Waals surface area contributed by atoms with Gasteiger partial charge in [-0.2, -0.15) is 4.31 Å². The molecule has 8 heteroatoms. The number of nitrogens with zero attached hydrogens (tertiary/aromatic N) is 2. The Morgan fingerprint density at radius 3 is 2.43 bits per heavy atom. The van der Waals surface area contributed by atoms with Crippen molar-refractivity contribution in [1.82, 2.24) is 14.5 Å². The first-order valence-corrected chi connectivity index (χ1v) is 11.3. The van der Waals surface area contributed by atoms with Crippen LogP contribution in [0.5, 0.6) is 0 Å². The summed E-state index contributed by atoms with van der Waals surface area (Å²) in [6, 6.07) is 5.44. The molecule has 1 unspecified atom stereocenters. The summed E-state index contributed by atoms with van der Waals surface area (Å²) in [7, 11) is -1.55. The number of likely N-dealkylation sites (tertiary alicyclic amines) is 1. The molecular weight excluding hydrogens is 398 g/mol. The van der Waals surface area contributed by atoms with Gasteiger partial charge in [-0.3, -0.25) is 4.79 Å². The van der Waals surface area contributed by atoms with E-state index in [2.05, 4.69) is 5.32 Å². The molecule has 2 heterocycles. The van der Waals surface area contributed by atoms with Crippen molar-refractivity contribution in [2.75, 3.05) is 39.8 Å². The molecule has 6 nitrogen and oxygen atoms in total. The van der Waals surface area contributed by atoms with Gasteiger partial charge in [0.25, 0.3) is 0 Å². The molecule has 1 atom stereocenters. The second-order valence-electron chi connectivity index (χ2n) is 7.94. The number of benzene rings is 1. The number of rotatable bonds is 5. The first-order chi connectivity index (χ1) is 12.8. The molecule has 1 aromatic carbocycles. The maximum atomic E-state index is 13.0. The van der Waals surface area contributed by atoms with Gasteiger partial charge in [-0.1, -0.05) is 17.7 Å². The van der Waals surface area contributed by atoms with Crippen LogP contribution in [0.25, 0.3) is 0 Å². The Hall–Kier alpha value is -1.15. The average Bonchev–Trinajstić information content (AvgIpc) is 3.10. The van der Waals surface area contributed by atoms with Crippen molar-refractivity contribution < 1.29 is 13.2 Å². The third-order valence-electron chi connectivity index (χ3n) is 5.84. The molecule has 1 N–H and O–H groups in total. The van der Waals surface area contributed by atoms with Gasteiger partial charge in [0.2, 0.25) is 15.9 Å². The van der Waals surface area contributed by atoms with Crippen LogP contribution in [0.15, 0.2) is 23.1 Å². The number of piperidine rings is 1. The molecule has 0 bridgehead atoms. The van der Waals surface area contributed by atoms with Gasteiger partial charge in [-0.25, -0.2) is 8.42 Å². The van der Waals surface area contributed by atoms with E-state index in [9.17, 15) is 13.2 Å². The highest BCUT2D eigenvalue weighted by Crippen LogP contribution is 2.28. The third-order valence-corrected chi connectivity index (χ3v) is 7.90. The van der Waals surface area contributed by atoms with Crippen molar-refractivity contribution in [3.05, 3.63) is 29.3 Å². The van der Waals surface area contributed by atoms with E-state index in [0.29, 0.717) is 36.7 Å². The Bertz CT molecular complexity index is 792. The van der Waals surface area contributed by atoms with Gasteiger partial charge in [-0.15, -0.1) is 12.4 Å². The summed E-state index contributed by atoms with van der Waals surface area (Å²) in [5, 5.41) is 3.18. The summed E-state index contributed by atoms with van der Waals surface area (Å²) in [5.74, 6) is 0.685. The SMILES string of the molecule is CNCC1CCN(C(=O)C2CCN(S(=O)(=O)c3ccc(C)cc3C)CC2)C1.Cl. The fourth-order valence-electron chi connectivity index (χ4n) is 4.32. The minimum absolute atomic E-state index is 0. The number of aryl methyl sites for hydroxylation is 2. The molecule has 2 fully saturated rings. The second kappa shape index (κ2) is 9.57. The maximum absolute atomic E-state index is 13.0. The summed E-state index contributed by atoms with van der Waals surface area (Å²) in [4.78, 5) is 15.2. The van der Waals surface area contributed by atoms with Gasteiger partial charge in [0.1, 0.15) is 0 Å². The number of sulfonamides is 1. The molecule has 0 aliphatic carbocycles. The molecule has 0 saturated carbocycles. The van der Waals surface area contributed by atoms with Crippen LogP contribution in [-0.2, 0) is 14.8 Å². The van der Waals surface area contributed by atoms with E-state index in [1.165, 1.54) is 0 Å². The molecule has 2 aliphatic rings. The molecule has 3 rings (SSSR count). The van der Waals surface area contributed by atoms with Crippen LogP contribution in [0.3, 0.4) is 0 Å². The number of hydrogen-bond acceptors (Lipinski definition) is 4. The van der Waals surface area contributed by atoms with E-state index < -0.39 is 10.0 Å². The van der Waals surface area contributed by atoms with Crippen molar-refractivity contribution in [2.24, 2.45) is 11.8 Å². The normalized spacial score (nSPS) is 21.5. The van der Waals surface area contributed by atoms with E-state index >= 15 is 0 Å². The van der Waals surface area contributed by atoms with Gasteiger partial charge in [0, 0.05) is 32.1 Å². The van der Waals surface area contributed by atoms with Crippen LogP contribution in [0.1, 0.15) is 30.4 Å². The summed E-state index contributed by atoms with van der Waals surface area (Å²) in [5.41, 5.74) is 1.83. The molecule has 28 heavy (non-hydrogen) atoms. The number of halogens is 1. The summed E-state index contributed by atoms with van der Waals surface area (Å²) < 4.78 is 27.5. The van der Waals surface area contributed by atoms with Crippen LogP contribution in [0, 0.1) is 25.7 Å². The first-order valence-electron chi connectivity index (χ1n) is 9.83. The van der Waals surface area contributed by atoms with Gasteiger partial charge < -0.3 is 10.2 Å². The van der Waals surface area contributed by atoms with E-state index in [1.54, 1.807) is 10.4 Å². The Labute approximate surface area is 175 Å². The predicted molar refractivity (Wildman–Crippen MR) is 113 cm³/mol. The quantitative estimate of drug-likeness (QED) is 0.778. The zero-order valence-electron chi connectivity index (χ0n) is 17.0. The third kappa shape index (κ3) is 4.87. The van der Waals surface area contributed by atoms with Crippen molar-refractivity contribution in [3.63, 3.8) is 0 Å². The van der Waals surface area contributed by atoms with Crippen LogP contribution in [-0.4, -0.2) is 63.3 Å². The zero-order chi connectivity index (χ0) is 19.6. The Morgan fingerprint density at radius 1 is 1.14 bits per heavy atom. The van der Waals surface area contributed by atoms with E-state index in [4.69, 9.17) is 0 Å². The largest absolute Gasteiger partial charge is 0.342 e. The number of amides is 1. The molecule has 1 amide bonds. The van der Waals surface area contributed by atoms with Crippen molar-refractivity contribution in [3.8, 4) is 0 Å². The lowest BCUT2D eigenvalue weighted by Crippen LogP contribution is -2.44. The fraction of sp³-hybridized carbons (Fsp3) is 0.650. The Kier molecular flexibility index (Phi) is 7.90. The summed E-state index contributed by atoms with van der Waals surface area (Å²) in [6.07, 6.45) is 2.26. The summed E-state index contributed by atoms with van der Waals surface area (Å²) in [6.45, 7) is 7.22. The minimum atomic E-state index is -3.49. The van der Waals surface area contributed by atoms with Gasteiger partial charge >= 0.3 is 0 Å². The Balaban J connectivity index is 0.00000280. The molecule has 1 aromatic rings. The highest BCUT2D eigenvalue weighted by atomic mass is 35.5. The first kappa shape index (κ1) is 23.1. The standard InChI is InChI=1S/C20H31N3O3S.ClH/c1-15-4-5-19(16(2)12-15)27(25,26)23-10-7-18(8-11-23)20(24)22-9-6-17(14-22)13-21-3;/h4-5,12,17-18,21H,6-11,13-14H2,1-3H3;1H. The average molecular weight is 430 g/mol. The predicted octanol–water partition coefficient (Wildman–Crippen LogP) is 2.19. The van der Waals surface area contributed by atoms with E-state index in [-0.39, 0.29) is 24.2 Å². The number of nitrogens with one attached hydrogen (secondary N) is 1. The molecular formula is C20H32ClN3O3S. The zero-order valence-corrected chi connectivity index (χ0v) is 18.6. The monoisotopic (exact) mass is 429 g/mol. The molecule has 0 aromatic heterocycles. The van der Waals surface area contributed by atoms with Crippen LogP contribution in [0.4, 0.5) is 0 Å². The molecule has 158 valence electrons. The molecule has 0 spiro atoms.